The summed E-state index contributed by atoms with van der Waals surface area (Å²) in [5.41, 5.74) is 0. The van der Waals surface area contributed by atoms with Crippen molar-refractivity contribution in [2.75, 3.05) is 18.1 Å². The maximum Gasteiger partial charge on any atom is 0.210 e. The van der Waals surface area contributed by atoms with E-state index in [0.717, 1.165) is 49.0 Å². The summed E-state index contributed by atoms with van der Waals surface area (Å²) in [7, 11) is 0. The lowest BCUT2D eigenvalue weighted by molar-refractivity contribution is -0.121. The van der Waals surface area contributed by atoms with Gasteiger partial charge in [-0.15, -0.1) is 0 Å². The Kier molecular flexibility index (Phi) is 7.09. The van der Waals surface area contributed by atoms with E-state index in [4.69, 9.17) is 5.11 Å². The molecule has 0 aliphatic carbocycles. The molecule has 2 aromatic rings. The lowest BCUT2D eigenvalue weighted by Crippen LogP contribution is -2.19. The van der Waals surface area contributed by atoms with Gasteiger partial charge in [-0.3, -0.25) is 4.79 Å². The number of aliphatic hydroxyl groups is 1. The Hall–Kier alpha value is -1.86. The zero-order valence-electron chi connectivity index (χ0n) is 13.3. The van der Waals surface area contributed by atoms with Gasteiger partial charge in [-0.1, -0.05) is 18.9 Å². The van der Waals surface area contributed by atoms with E-state index in [-0.39, 0.29) is 12.4 Å². The molecule has 0 aliphatic heterocycles. The monoisotopic (exact) mass is 334 g/mol. The van der Waals surface area contributed by atoms with E-state index in [1.54, 1.807) is 6.20 Å². The van der Waals surface area contributed by atoms with E-state index in [9.17, 15) is 4.79 Å². The minimum absolute atomic E-state index is 0.0792. The SMILES string of the molecule is Cc1nsc(N(CCCCCCC(=O)CO)c2ccccn2)n1. The highest BCUT2D eigenvalue weighted by Gasteiger charge is 2.14. The summed E-state index contributed by atoms with van der Waals surface area (Å²) in [5, 5.41) is 9.55. The van der Waals surface area contributed by atoms with E-state index in [1.807, 2.05) is 25.1 Å². The molecule has 2 heterocycles. The Balaban J connectivity index is 1.86. The first-order chi connectivity index (χ1) is 11.2. The van der Waals surface area contributed by atoms with Crippen molar-refractivity contribution in [3.05, 3.63) is 30.2 Å². The third-order valence-electron chi connectivity index (χ3n) is 3.44. The average Bonchev–Trinajstić information content (AvgIpc) is 3.00. The first-order valence-corrected chi connectivity index (χ1v) is 8.59. The van der Waals surface area contributed by atoms with Crippen LogP contribution in [0.15, 0.2) is 24.4 Å². The molecule has 7 heteroatoms. The smallest absolute Gasteiger partial charge is 0.210 e. The van der Waals surface area contributed by atoms with Crippen molar-refractivity contribution in [2.45, 2.75) is 39.0 Å². The number of pyridine rings is 1. The molecular weight excluding hydrogens is 312 g/mol. The van der Waals surface area contributed by atoms with Gasteiger partial charge in [-0.25, -0.2) is 9.97 Å². The zero-order chi connectivity index (χ0) is 16.5. The topological polar surface area (TPSA) is 79.2 Å². The summed E-state index contributed by atoms with van der Waals surface area (Å²) in [5.74, 6) is 1.57. The molecule has 6 nitrogen and oxygen atoms in total. The average molecular weight is 334 g/mol. The van der Waals surface area contributed by atoms with Crippen molar-refractivity contribution in [2.24, 2.45) is 0 Å². The quantitative estimate of drug-likeness (QED) is 0.673. The van der Waals surface area contributed by atoms with E-state index in [2.05, 4.69) is 19.2 Å². The Morgan fingerprint density at radius 3 is 2.74 bits per heavy atom. The largest absolute Gasteiger partial charge is 0.389 e. The molecule has 2 aromatic heterocycles. The second-order valence-corrected chi connectivity index (χ2v) is 6.06. The maximum atomic E-state index is 11.0. The molecule has 1 N–H and O–H groups in total. The van der Waals surface area contributed by atoms with Crippen LogP contribution in [0.2, 0.25) is 0 Å². The number of ketones is 1. The standard InChI is InChI=1S/C16H22N4O2S/c1-13-18-16(23-19-13)20(15-9-5-6-10-17-15)11-7-3-2-4-8-14(22)12-21/h5-6,9-10,21H,2-4,7-8,11-12H2,1H3. The van der Waals surface area contributed by atoms with Gasteiger partial charge in [-0.05, 0) is 31.9 Å². The van der Waals surface area contributed by atoms with Crippen LogP contribution in [0.1, 0.15) is 37.9 Å². The second kappa shape index (κ2) is 9.32. The van der Waals surface area contributed by atoms with Crippen molar-refractivity contribution in [1.29, 1.82) is 0 Å². The molecule has 23 heavy (non-hydrogen) atoms. The lowest BCUT2D eigenvalue weighted by Gasteiger charge is -2.20. The Morgan fingerprint density at radius 2 is 2.09 bits per heavy atom. The number of hydrogen-bond donors (Lipinski definition) is 1. The van der Waals surface area contributed by atoms with Gasteiger partial charge in [0.1, 0.15) is 18.2 Å². The lowest BCUT2D eigenvalue weighted by atomic mass is 10.1. The molecule has 124 valence electrons. The fourth-order valence-corrected chi connectivity index (χ4v) is 2.95. The normalized spacial score (nSPS) is 10.7. The summed E-state index contributed by atoms with van der Waals surface area (Å²) in [6, 6.07) is 5.82. The van der Waals surface area contributed by atoms with E-state index in [1.165, 1.54) is 11.5 Å². The van der Waals surface area contributed by atoms with Crippen LogP contribution in [0.4, 0.5) is 10.9 Å². The molecule has 0 saturated carbocycles. The fourth-order valence-electron chi connectivity index (χ4n) is 2.24. The first kappa shape index (κ1) is 17.5. The predicted molar refractivity (Wildman–Crippen MR) is 91.1 cm³/mol. The molecule has 0 spiro atoms. The highest BCUT2D eigenvalue weighted by atomic mass is 32.1. The molecule has 2 rings (SSSR count). The number of unbranched alkanes of at least 4 members (excludes halogenated alkanes) is 3. The Labute approximate surface area is 140 Å². The molecule has 0 bridgehead atoms. The summed E-state index contributed by atoms with van der Waals surface area (Å²) >= 11 is 1.38. The number of rotatable bonds is 10. The van der Waals surface area contributed by atoms with E-state index in [0.29, 0.717) is 6.42 Å². The molecule has 0 aliphatic rings. The molecule has 0 amide bonds. The molecule has 0 saturated heterocycles. The van der Waals surface area contributed by atoms with Gasteiger partial charge >= 0.3 is 0 Å². The maximum absolute atomic E-state index is 11.0. The van der Waals surface area contributed by atoms with Crippen LogP contribution in [0.3, 0.4) is 0 Å². The first-order valence-electron chi connectivity index (χ1n) is 7.82. The summed E-state index contributed by atoms with van der Waals surface area (Å²) < 4.78 is 4.25. The number of aliphatic hydroxyl groups excluding tert-OH is 1. The van der Waals surface area contributed by atoms with Crippen molar-refractivity contribution in [3.63, 3.8) is 0 Å². The molecule has 0 atom stereocenters. The van der Waals surface area contributed by atoms with Crippen LogP contribution in [0.25, 0.3) is 0 Å². The molecule has 0 aromatic carbocycles. The van der Waals surface area contributed by atoms with Gasteiger partial charge < -0.3 is 10.0 Å². The van der Waals surface area contributed by atoms with Crippen molar-refractivity contribution < 1.29 is 9.90 Å². The highest BCUT2D eigenvalue weighted by Crippen LogP contribution is 2.25. The van der Waals surface area contributed by atoms with Gasteiger partial charge in [0.15, 0.2) is 5.78 Å². The summed E-state index contributed by atoms with van der Waals surface area (Å²) in [6.45, 7) is 2.36. The highest BCUT2D eigenvalue weighted by molar-refractivity contribution is 7.09. The van der Waals surface area contributed by atoms with Gasteiger partial charge in [0.25, 0.3) is 0 Å². The van der Waals surface area contributed by atoms with Gasteiger partial charge in [0, 0.05) is 30.7 Å². The number of carbonyl (C=O) groups excluding carboxylic acids is 1. The second-order valence-electron chi connectivity index (χ2n) is 5.32. The van der Waals surface area contributed by atoms with Crippen molar-refractivity contribution in [1.82, 2.24) is 14.3 Å². The number of aromatic nitrogens is 3. The van der Waals surface area contributed by atoms with Crippen LogP contribution in [0.5, 0.6) is 0 Å². The molecule has 0 fully saturated rings. The number of anilines is 2. The Bertz CT molecular complexity index is 603. The Morgan fingerprint density at radius 1 is 1.26 bits per heavy atom. The molecule has 0 unspecified atom stereocenters. The van der Waals surface area contributed by atoms with Crippen LogP contribution in [-0.2, 0) is 4.79 Å². The zero-order valence-corrected chi connectivity index (χ0v) is 14.1. The van der Waals surface area contributed by atoms with E-state index >= 15 is 0 Å². The fraction of sp³-hybridized carbons (Fsp3) is 0.500. The minimum atomic E-state index is -0.343. The van der Waals surface area contributed by atoms with Crippen LogP contribution < -0.4 is 4.90 Å². The van der Waals surface area contributed by atoms with Crippen molar-refractivity contribution >= 4 is 28.3 Å². The van der Waals surface area contributed by atoms with E-state index < -0.39 is 0 Å². The van der Waals surface area contributed by atoms with Gasteiger partial charge in [0.05, 0.1) is 0 Å². The number of aryl methyl sites for hydroxylation is 1. The van der Waals surface area contributed by atoms with Crippen LogP contribution >= 0.6 is 11.5 Å². The number of hydrogen-bond acceptors (Lipinski definition) is 7. The number of carbonyl (C=O) groups is 1. The van der Waals surface area contributed by atoms with Crippen LogP contribution in [0, 0.1) is 6.92 Å². The molecule has 0 radical (unpaired) electrons. The predicted octanol–water partition coefficient (Wildman–Crippen LogP) is 2.89. The van der Waals surface area contributed by atoms with Crippen molar-refractivity contribution in [3.8, 4) is 0 Å². The minimum Gasteiger partial charge on any atom is -0.389 e. The van der Waals surface area contributed by atoms with Gasteiger partial charge in [0.2, 0.25) is 5.13 Å². The molecular formula is C16H22N4O2S. The number of nitrogens with zero attached hydrogens (tertiary/aromatic N) is 4. The van der Waals surface area contributed by atoms with Gasteiger partial charge in [-0.2, -0.15) is 4.37 Å². The summed E-state index contributed by atoms with van der Waals surface area (Å²) in [4.78, 5) is 22.0. The third-order valence-corrected chi connectivity index (χ3v) is 4.27. The van der Waals surface area contributed by atoms with Crippen LogP contribution in [-0.4, -0.2) is 38.4 Å². The summed E-state index contributed by atoms with van der Waals surface area (Å²) in [6.07, 6.45) is 6.08. The third kappa shape index (κ3) is 5.69. The number of Topliss-reactive ketones (excluding diaryl/α,β-unsaturated/α-hetero) is 1.